The molecular formula is C20H17ClN4O2S. The molecule has 0 fully saturated rings. The number of oxazole rings is 1. The third kappa shape index (κ3) is 3.90. The Labute approximate surface area is 170 Å². The molecule has 0 aliphatic carbocycles. The van der Waals surface area contributed by atoms with Crippen LogP contribution >= 0.6 is 23.4 Å². The average Bonchev–Trinajstić information content (AvgIpc) is 3.33. The minimum Gasteiger partial charge on any atom is -0.436 e. The highest BCUT2D eigenvalue weighted by atomic mass is 35.5. The zero-order chi connectivity index (χ0) is 19.5. The van der Waals surface area contributed by atoms with Crippen molar-refractivity contribution in [2.75, 3.05) is 17.3 Å². The summed E-state index contributed by atoms with van der Waals surface area (Å²) in [6, 6.07) is 12.9. The fraction of sp³-hybridized carbons (Fsp3) is 0.150. The van der Waals surface area contributed by atoms with E-state index in [9.17, 15) is 4.79 Å². The standard InChI is InChI=1S/C20H17ClN4O2S/c1-28-9-8-18(26)23-14-5-2-12(3-6-14)19-15(11-22-25-19)20-24-16-10-13(21)4-7-17(16)27-20/h2-7,10-11H,8-9H2,1H3,(H,22,25)(H,23,26). The van der Waals surface area contributed by atoms with Gasteiger partial charge in [0, 0.05) is 28.4 Å². The molecule has 1 amide bonds. The van der Waals surface area contributed by atoms with Gasteiger partial charge in [-0.15, -0.1) is 0 Å². The van der Waals surface area contributed by atoms with Crippen molar-refractivity contribution < 1.29 is 9.21 Å². The number of carbonyl (C=O) groups excluding carboxylic acids is 1. The fourth-order valence-corrected chi connectivity index (χ4v) is 3.38. The predicted molar refractivity (Wildman–Crippen MR) is 114 cm³/mol. The highest BCUT2D eigenvalue weighted by Gasteiger charge is 2.16. The topological polar surface area (TPSA) is 83.8 Å². The Bertz CT molecular complexity index is 1120. The average molecular weight is 413 g/mol. The van der Waals surface area contributed by atoms with Gasteiger partial charge >= 0.3 is 0 Å². The molecule has 0 saturated carbocycles. The first-order valence-corrected chi connectivity index (χ1v) is 10.4. The molecule has 6 nitrogen and oxygen atoms in total. The van der Waals surface area contributed by atoms with Gasteiger partial charge in [0.1, 0.15) is 5.52 Å². The highest BCUT2D eigenvalue weighted by molar-refractivity contribution is 7.98. The molecule has 0 radical (unpaired) electrons. The third-order valence-corrected chi connectivity index (χ3v) is 5.06. The monoisotopic (exact) mass is 412 g/mol. The Morgan fingerprint density at radius 3 is 2.86 bits per heavy atom. The second-order valence-electron chi connectivity index (χ2n) is 6.16. The summed E-state index contributed by atoms with van der Waals surface area (Å²) < 4.78 is 5.85. The minimum absolute atomic E-state index is 0.00876. The summed E-state index contributed by atoms with van der Waals surface area (Å²) in [5, 5.41) is 10.6. The first-order chi connectivity index (χ1) is 13.6. The van der Waals surface area contributed by atoms with Crippen LogP contribution in [0.4, 0.5) is 5.69 Å². The van der Waals surface area contributed by atoms with Crippen molar-refractivity contribution >= 4 is 46.1 Å². The van der Waals surface area contributed by atoms with E-state index in [-0.39, 0.29) is 5.91 Å². The third-order valence-electron chi connectivity index (χ3n) is 4.21. The molecule has 0 spiro atoms. The van der Waals surface area contributed by atoms with E-state index in [0.717, 1.165) is 28.3 Å². The summed E-state index contributed by atoms with van der Waals surface area (Å²) in [4.78, 5) is 16.4. The quantitative estimate of drug-likeness (QED) is 0.453. The molecular weight excluding hydrogens is 396 g/mol. The van der Waals surface area contributed by atoms with Gasteiger partial charge in [-0.1, -0.05) is 23.7 Å². The summed E-state index contributed by atoms with van der Waals surface area (Å²) in [5.74, 6) is 1.28. The number of fused-ring (bicyclic) bond motifs is 1. The number of hydrogen-bond donors (Lipinski definition) is 2. The Morgan fingerprint density at radius 1 is 1.25 bits per heavy atom. The molecule has 4 rings (SSSR count). The van der Waals surface area contributed by atoms with Crippen LogP contribution in [-0.4, -0.2) is 33.1 Å². The molecule has 0 atom stereocenters. The molecule has 2 aromatic carbocycles. The van der Waals surface area contributed by atoms with Crippen LogP contribution in [0.2, 0.25) is 5.02 Å². The number of anilines is 1. The summed E-state index contributed by atoms with van der Waals surface area (Å²) in [7, 11) is 0. The van der Waals surface area contributed by atoms with Crippen molar-refractivity contribution in [2.24, 2.45) is 0 Å². The number of amides is 1. The van der Waals surface area contributed by atoms with Crippen LogP contribution in [0.15, 0.2) is 53.1 Å². The molecule has 0 aliphatic rings. The van der Waals surface area contributed by atoms with E-state index in [2.05, 4.69) is 20.5 Å². The summed E-state index contributed by atoms with van der Waals surface area (Å²) in [5.41, 5.74) is 4.57. The lowest BCUT2D eigenvalue weighted by Crippen LogP contribution is -2.11. The van der Waals surface area contributed by atoms with E-state index < -0.39 is 0 Å². The lowest BCUT2D eigenvalue weighted by molar-refractivity contribution is -0.115. The molecule has 0 saturated heterocycles. The van der Waals surface area contributed by atoms with Gasteiger partial charge in [-0.25, -0.2) is 4.98 Å². The summed E-state index contributed by atoms with van der Waals surface area (Å²) in [6.07, 6.45) is 4.16. The molecule has 142 valence electrons. The number of rotatable bonds is 6. The van der Waals surface area contributed by atoms with Crippen molar-refractivity contribution in [1.82, 2.24) is 15.2 Å². The number of H-pyrrole nitrogens is 1. The van der Waals surface area contributed by atoms with Crippen LogP contribution in [0, 0.1) is 0 Å². The number of aromatic nitrogens is 3. The molecule has 8 heteroatoms. The van der Waals surface area contributed by atoms with Crippen molar-refractivity contribution in [2.45, 2.75) is 6.42 Å². The normalized spacial score (nSPS) is 11.1. The van der Waals surface area contributed by atoms with Gasteiger partial charge < -0.3 is 9.73 Å². The number of benzene rings is 2. The second-order valence-corrected chi connectivity index (χ2v) is 7.58. The SMILES string of the molecule is CSCCC(=O)Nc1ccc(-c2[nH]ncc2-c2nc3cc(Cl)ccc3o2)cc1. The number of nitrogens with zero attached hydrogens (tertiary/aromatic N) is 2. The molecule has 0 bridgehead atoms. The molecule has 28 heavy (non-hydrogen) atoms. The van der Waals surface area contributed by atoms with E-state index >= 15 is 0 Å². The van der Waals surface area contributed by atoms with Crippen molar-refractivity contribution in [3.05, 3.63) is 53.7 Å². The van der Waals surface area contributed by atoms with Crippen LogP contribution in [0.25, 0.3) is 33.8 Å². The Balaban J connectivity index is 1.59. The highest BCUT2D eigenvalue weighted by Crippen LogP contribution is 2.32. The van der Waals surface area contributed by atoms with Gasteiger partial charge in [-0.05, 0) is 36.6 Å². The van der Waals surface area contributed by atoms with Gasteiger partial charge in [0.2, 0.25) is 11.8 Å². The van der Waals surface area contributed by atoms with Crippen LogP contribution < -0.4 is 5.32 Å². The van der Waals surface area contributed by atoms with Crippen LogP contribution in [0.5, 0.6) is 0 Å². The lowest BCUT2D eigenvalue weighted by Gasteiger charge is -2.06. The number of carbonyl (C=O) groups is 1. The first kappa shape index (κ1) is 18.6. The molecule has 2 heterocycles. The van der Waals surface area contributed by atoms with Crippen LogP contribution in [0.3, 0.4) is 0 Å². The minimum atomic E-state index is 0.00876. The Morgan fingerprint density at radius 2 is 2.07 bits per heavy atom. The van der Waals surface area contributed by atoms with E-state index in [0.29, 0.717) is 28.4 Å². The largest absolute Gasteiger partial charge is 0.436 e. The van der Waals surface area contributed by atoms with Gasteiger partial charge in [-0.3, -0.25) is 9.89 Å². The van der Waals surface area contributed by atoms with Crippen molar-refractivity contribution in [3.63, 3.8) is 0 Å². The maximum atomic E-state index is 11.9. The number of hydrogen-bond acceptors (Lipinski definition) is 5. The van der Waals surface area contributed by atoms with E-state index in [1.807, 2.05) is 30.5 Å². The lowest BCUT2D eigenvalue weighted by atomic mass is 10.1. The maximum absolute atomic E-state index is 11.9. The van der Waals surface area contributed by atoms with E-state index in [4.69, 9.17) is 16.0 Å². The van der Waals surface area contributed by atoms with Gasteiger partial charge in [-0.2, -0.15) is 16.9 Å². The smallest absolute Gasteiger partial charge is 0.231 e. The molecule has 2 aromatic heterocycles. The van der Waals surface area contributed by atoms with Crippen LogP contribution in [0.1, 0.15) is 6.42 Å². The van der Waals surface area contributed by atoms with Crippen molar-refractivity contribution in [3.8, 4) is 22.7 Å². The molecule has 2 N–H and O–H groups in total. The maximum Gasteiger partial charge on any atom is 0.231 e. The van der Waals surface area contributed by atoms with Crippen LogP contribution in [-0.2, 0) is 4.79 Å². The summed E-state index contributed by atoms with van der Waals surface area (Å²) >= 11 is 7.68. The molecule has 4 aromatic rings. The zero-order valence-corrected chi connectivity index (χ0v) is 16.6. The van der Waals surface area contributed by atoms with Gasteiger partial charge in [0.05, 0.1) is 17.5 Å². The number of halogens is 1. The fourth-order valence-electron chi connectivity index (χ4n) is 2.82. The number of thioether (sulfide) groups is 1. The first-order valence-electron chi connectivity index (χ1n) is 8.63. The Kier molecular flexibility index (Phi) is 5.36. The zero-order valence-electron chi connectivity index (χ0n) is 15.0. The predicted octanol–water partition coefficient (Wildman–Crippen LogP) is 5.23. The van der Waals surface area contributed by atoms with Gasteiger partial charge in [0.25, 0.3) is 0 Å². The number of nitrogens with one attached hydrogen (secondary N) is 2. The second kappa shape index (κ2) is 8.08. The number of aromatic amines is 1. The molecule has 0 unspecified atom stereocenters. The summed E-state index contributed by atoms with van der Waals surface area (Å²) in [6.45, 7) is 0. The van der Waals surface area contributed by atoms with Gasteiger partial charge in [0.15, 0.2) is 5.58 Å². The van der Waals surface area contributed by atoms with E-state index in [1.54, 1.807) is 36.2 Å². The van der Waals surface area contributed by atoms with Crippen molar-refractivity contribution in [1.29, 1.82) is 0 Å². The van der Waals surface area contributed by atoms with E-state index in [1.165, 1.54) is 0 Å². The Hall–Kier alpha value is -2.77. The molecule has 0 aliphatic heterocycles.